The van der Waals surface area contributed by atoms with E-state index in [9.17, 15) is 4.39 Å². The second-order valence-electron chi connectivity index (χ2n) is 4.37. The second kappa shape index (κ2) is 5.30. The van der Waals surface area contributed by atoms with Crippen molar-refractivity contribution in [3.8, 4) is 11.5 Å². The summed E-state index contributed by atoms with van der Waals surface area (Å²) in [6, 6.07) is 11.4. The maximum absolute atomic E-state index is 12.8. The summed E-state index contributed by atoms with van der Waals surface area (Å²) >= 11 is 0. The Kier molecular flexibility index (Phi) is 3.35. The van der Waals surface area contributed by atoms with Gasteiger partial charge in [0.25, 0.3) is 0 Å². The maximum Gasteiger partial charge on any atom is 0.128 e. The molecule has 0 fully saturated rings. The first kappa shape index (κ1) is 12.6. The van der Waals surface area contributed by atoms with E-state index in [1.165, 1.54) is 12.1 Å². The molecule has 3 rings (SSSR count). The zero-order chi connectivity index (χ0) is 13.9. The molecule has 1 N–H and O–H groups in total. The van der Waals surface area contributed by atoms with Gasteiger partial charge in [-0.05, 0) is 42.5 Å². The number of rotatable bonds is 4. The van der Waals surface area contributed by atoms with E-state index in [1.54, 1.807) is 23.0 Å². The van der Waals surface area contributed by atoms with Crippen LogP contribution in [0.1, 0.15) is 0 Å². The fraction of sp³-hybridized carbons (Fsp3) is 0.133. The average Bonchev–Trinajstić information content (AvgIpc) is 2.85. The Labute approximate surface area is 115 Å². The summed E-state index contributed by atoms with van der Waals surface area (Å²) in [6.07, 6.45) is 1.72. The molecule has 1 heterocycles. The third kappa shape index (κ3) is 2.48. The molecule has 0 saturated carbocycles. The number of ether oxygens (including phenoxy) is 1. The predicted molar refractivity (Wildman–Crippen MR) is 73.3 cm³/mol. The number of nitrogens with zero attached hydrogens (tertiary/aromatic N) is 2. The molecule has 0 atom stereocenters. The molecule has 0 aliphatic heterocycles. The number of hydrogen-bond acceptors (Lipinski definition) is 3. The zero-order valence-corrected chi connectivity index (χ0v) is 10.7. The van der Waals surface area contributed by atoms with E-state index in [4.69, 9.17) is 9.84 Å². The van der Waals surface area contributed by atoms with Gasteiger partial charge in [-0.25, -0.2) is 4.39 Å². The Bertz CT molecular complexity index is 722. The van der Waals surface area contributed by atoms with Crippen molar-refractivity contribution in [1.29, 1.82) is 0 Å². The van der Waals surface area contributed by atoms with Crippen LogP contribution in [-0.2, 0) is 6.54 Å². The van der Waals surface area contributed by atoms with Crippen LogP contribution in [0.5, 0.6) is 11.5 Å². The highest BCUT2D eigenvalue weighted by atomic mass is 19.1. The molecule has 0 radical (unpaired) electrons. The fourth-order valence-corrected chi connectivity index (χ4v) is 2.04. The van der Waals surface area contributed by atoms with E-state index in [-0.39, 0.29) is 12.4 Å². The van der Waals surface area contributed by atoms with Crippen LogP contribution in [-0.4, -0.2) is 21.5 Å². The Balaban J connectivity index is 1.87. The van der Waals surface area contributed by atoms with Gasteiger partial charge in [0.2, 0.25) is 0 Å². The van der Waals surface area contributed by atoms with Crippen LogP contribution in [0.2, 0.25) is 0 Å². The summed E-state index contributed by atoms with van der Waals surface area (Å²) in [4.78, 5) is 0. The lowest BCUT2D eigenvalue weighted by Gasteiger charge is -2.06. The van der Waals surface area contributed by atoms with Gasteiger partial charge in [-0.3, -0.25) is 4.68 Å². The van der Waals surface area contributed by atoms with E-state index in [1.807, 2.05) is 18.2 Å². The number of halogens is 1. The molecule has 4 nitrogen and oxygen atoms in total. The number of aliphatic hydroxyl groups excluding tert-OH is 1. The third-order valence-electron chi connectivity index (χ3n) is 2.97. The van der Waals surface area contributed by atoms with E-state index in [0.717, 1.165) is 10.9 Å². The first-order chi connectivity index (χ1) is 9.76. The van der Waals surface area contributed by atoms with Gasteiger partial charge in [-0.2, -0.15) is 5.10 Å². The number of aromatic nitrogens is 2. The Hall–Kier alpha value is -2.40. The summed E-state index contributed by atoms with van der Waals surface area (Å²) < 4.78 is 20.2. The van der Waals surface area contributed by atoms with E-state index in [0.29, 0.717) is 18.0 Å². The molecule has 0 amide bonds. The highest BCUT2D eigenvalue weighted by Gasteiger charge is 2.04. The Morgan fingerprint density at radius 2 is 1.85 bits per heavy atom. The quantitative estimate of drug-likeness (QED) is 0.794. The topological polar surface area (TPSA) is 47.3 Å². The smallest absolute Gasteiger partial charge is 0.128 e. The number of hydrogen-bond donors (Lipinski definition) is 1. The molecule has 20 heavy (non-hydrogen) atoms. The van der Waals surface area contributed by atoms with Crippen LogP contribution in [0.25, 0.3) is 10.9 Å². The molecule has 0 saturated heterocycles. The molecule has 0 bridgehead atoms. The van der Waals surface area contributed by atoms with Gasteiger partial charge < -0.3 is 9.84 Å². The van der Waals surface area contributed by atoms with Crippen LogP contribution < -0.4 is 4.74 Å². The standard InChI is InChI=1S/C15H13FN2O2/c16-12-1-3-13(4-2-12)20-14-5-6-15-11(9-14)10-17-18(15)7-8-19/h1-6,9-10,19H,7-8H2. The molecule has 3 aromatic rings. The lowest BCUT2D eigenvalue weighted by molar-refractivity contribution is 0.271. The lowest BCUT2D eigenvalue weighted by atomic mass is 10.2. The van der Waals surface area contributed by atoms with Gasteiger partial charge in [0.15, 0.2) is 0 Å². The first-order valence-corrected chi connectivity index (χ1v) is 6.26. The summed E-state index contributed by atoms with van der Waals surface area (Å²) in [7, 11) is 0. The van der Waals surface area contributed by atoms with Crippen molar-refractivity contribution in [2.45, 2.75) is 6.54 Å². The molecule has 0 aliphatic carbocycles. The largest absolute Gasteiger partial charge is 0.457 e. The van der Waals surface area contributed by atoms with Crippen LogP contribution in [0, 0.1) is 5.82 Å². The minimum Gasteiger partial charge on any atom is -0.457 e. The minimum atomic E-state index is -0.293. The SMILES string of the molecule is OCCn1ncc2cc(Oc3ccc(F)cc3)ccc21. The number of benzene rings is 2. The van der Waals surface area contributed by atoms with Gasteiger partial charge in [-0.15, -0.1) is 0 Å². The van der Waals surface area contributed by atoms with Crippen molar-refractivity contribution in [2.24, 2.45) is 0 Å². The predicted octanol–water partition coefficient (Wildman–Crippen LogP) is 2.96. The van der Waals surface area contributed by atoms with Crippen LogP contribution in [0.4, 0.5) is 4.39 Å². The van der Waals surface area contributed by atoms with Crippen LogP contribution in [0.15, 0.2) is 48.7 Å². The number of aliphatic hydroxyl groups is 1. The molecule has 5 heteroatoms. The van der Waals surface area contributed by atoms with Gasteiger partial charge in [0.05, 0.1) is 24.9 Å². The molecule has 0 unspecified atom stereocenters. The van der Waals surface area contributed by atoms with Gasteiger partial charge in [0, 0.05) is 5.39 Å². The normalized spacial score (nSPS) is 10.9. The fourth-order valence-electron chi connectivity index (χ4n) is 2.04. The van der Waals surface area contributed by atoms with Crippen molar-refractivity contribution in [2.75, 3.05) is 6.61 Å². The van der Waals surface area contributed by atoms with Crippen molar-refractivity contribution >= 4 is 10.9 Å². The summed E-state index contributed by atoms with van der Waals surface area (Å²) in [5, 5.41) is 14.1. The third-order valence-corrected chi connectivity index (χ3v) is 2.97. The molecule has 102 valence electrons. The lowest BCUT2D eigenvalue weighted by Crippen LogP contribution is -2.02. The maximum atomic E-state index is 12.8. The van der Waals surface area contributed by atoms with Crippen molar-refractivity contribution in [1.82, 2.24) is 9.78 Å². The Morgan fingerprint density at radius 1 is 1.10 bits per heavy atom. The highest BCUT2D eigenvalue weighted by Crippen LogP contribution is 2.25. The van der Waals surface area contributed by atoms with Gasteiger partial charge in [-0.1, -0.05) is 0 Å². The molecule has 2 aromatic carbocycles. The molecular formula is C15H13FN2O2. The Morgan fingerprint density at radius 3 is 2.60 bits per heavy atom. The molecule has 0 spiro atoms. The summed E-state index contributed by atoms with van der Waals surface area (Å²) in [5.74, 6) is 0.944. The summed E-state index contributed by atoms with van der Waals surface area (Å²) in [6.45, 7) is 0.506. The average molecular weight is 272 g/mol. The second-order valence-corrected chi connectivity index (χ2v) is 4.37. The van der Waals surface area contributed by atoms with E-state index < -0.39 is 0 Å². The van der Waals surface area contributed by atoms with Gasteiger partial charge in [0.1, 0.15) is 17.3 Å². The molecule has 0 aliphatic rings. The van der Waals surface area contributed by atoms with Crippen molar-refractivity contribution in [3.63, 3.8) is 0 Å². The van der Waals surface area contributed by atoms with Gasteiger partial charge >= 0.3 is 0 Å². The van der Waals surface area contributed by atoms with Crippen LogP contribution in [0.3, 0.4) is 0 Å². The van der Waals surface area contributed by atoms with Crippen molar-refractivity contribution < 1.29 is 14.2 Å². The van der Waals surface area contributed by atoms with Crippen LogP contribution >= 0.6 is 0 Å². The highest BCUT2D eigenvalue weighted by molar-refractivity contribution is 5.80. The zero-order valence-electron chi connectivity index (χ0n) is 10.7. The monoisotopic (exact) mass is 272 g/mol. The van der Waals surface area contributed by atoms with E-state index >= 15 is 0 Å². The number of fused-ring (bicyclic) bond motifs is 1. The molecular weight excluding hydrogens is 259 g/mol. The minimum absolute atomic E-state index is 0.0462. The summed E-state index contributed by atoms with van der Waals surface area (Å²) in [5.41, 5.74) is 0.936. The molecule has 1 aromatic heterocycles. The van der Waals surface area contributed by atoms with Crippen molar-refractivity contribution in [3.05, 3.63) is 54.5 Å². The first-order valence-electron chi connectivity index (χ1n) is 6.26. The van der Waals surface area contributed by atoms with E-state index in [2.05, 4.69) is 5.10 Å².